The molecular formula is C31H36F2N4O2S. The van der Waals surface area contributed by atoms with E-state index in [1.165, 1.54) is 0 Å². The quantitative estimate of drug-likeness (QED) is 0.299. The molecule has 4 aliphatic rings. The van der Waals surface area contributed by atoms with Gasteiger partial charge in [-0.3, -0.25) is 4.79 Å². The lowest BCUT2D eigenvalue weighted by Crippen LogP contribution is -2.52. The van der Waals surface area contributed by atoms with E-state index in [9.17, 15) is 13.6 Å². The lowest BCUT2D eigenvalue weighted by Gasteiger charge is -2.54. The average molecular weight is 567 g/mol. The summed E-state index contributed by atoms with van der Waals surface area (Å²) in [5.74, 6) is -2.54. The molecular weight excluding hydrogens is 530 g/mol. The number of halogens is 2. The highest BCUT2D eigenvalue weighted by Gasteiger charge is 2.52. The van der Waals surface area contributed by atoms with Crippen LogP contribution >= 0.6 is 11.3 Å². The van der Waals surface area contributed by atoms with E-state index in [0.29, 0.717) is 12.4 Å². The van der Waals surface area contributed by atoms with Crippen molar-refractivity contribution in [1.82, 2.24) is 15.2 Å². The number of aryl methyl sites for hydroxylation is 1. The molecule has 0 unspecified atom stereocenters. The van der Waals surface area contributed by atoms with Crippen LogP contribution in [0.25, 0.3) is 11.1 Å². The third-order valence-corrected chi connectivity index (χ3v) is 10.7. The molecule has 2 aromatic heterocycles. The van der Waals surface area contributed by atoms with Crippen LogP contribution in [0.15, 0.2) is 42.6 Å². The van der Waals surface area contributed by atoms with Gasteiger partial charge in [-0.2, -0.15) is 0 Å². The maximum absolute atomic E-state index is 14.1. The third kappa shape index (κ3) is 5.24. The van der Waals surface area contributed by atoms with Crippen LogP contribution in [0.4, 0.5) is 14.5 Å². The molecule has 2 bridgehead atoms. The second-order valence-electron chi connectivity index (χ2n) is 12.1. The monoisotopic (exact) mass is 566 g/mol. The van der Waals surface area contributed by atoms with Crippen molar-refractivity contribution in [3.63, 3.8) is 0 Å². The maximum atomic E-state index is 14.1. The number of anilines is 1. The van der Waals surface area contributed by atoms with E-state index in [-0.39, 0.29) is 48.3 Å². The number of benzene rings is 1. The maximum Gasteiger partial charge on any atom is 0.248 e. The average Bonchev–Trinajstić information content (AvgIpc) is 3.44. The molecule has 0 radical (unpaired) electrons. The normalized spacial score (nSPS) is 26.0. The van der Waals surface area contributed by atoms with E-state index in [0.717, 1.165) is 65.4 Å². The van der Waals surface area contributed by atoms with Gasteiger partial charge in [0, 0.05) is 48.7 Å². The van der Waals surface area contributed by atoms with Crippen molar-refractivity contribution in [2.75, 3.05) is 18.6 Å². The van der Waals surface area contributed by atoms with Crippen LogP contribution in [0.1, 0.15) is 74.2 Å². The zero-order valence-corrected chi connectivity index (χ0v) is 24.0. The van der Waals surface area contributed by atoms with Gasteiger partial charge < -0.3 is 9.64 Å². The minimum atomic E-state index is -2.67. The molecule has 0 saturated heterocycles. The smallest absolute Gasteiger partial charge is 0.248 e. The summed E-state index contributed by atoms with van der Waals surface area (Å²) in [6.45, 7) is 2.63. The predicted molar refractivity (Wildman–Crippen MR) is 152 cm³/mol. The van der Waals surface area contributed by atoms with Crippen molar-refractivity contribution < 1.29 is 18.3 Å². The highest BCUT2D eigenvalue weighted by molar-refractivity contribution is 7.11. The first-order valence-corrected chi connectivity index (χ1v) is 15.1. The number of rotatable bonds is 7. The Bertz CT molecular complexity index is 1360. The van der Waals surface area contributed by atoms with Gasteiger partial charge in [-0.25, -0.2) is 13.8 Å². The van der Waals surface area contributed by atoms with Crippen molar-refractivity contribution in [3.8, 4) is 17.0 Å². The van der Waals surface area contributed by atoms with Crippen molar-refractivity contribution in [2.24, 2.45) is 11.3 Å². The zero-order chi connectivity index (χ0) is 28.0. The van der Waals surface area contributed by atoms with Gasteiger partial charge >= 0.3 is 0 Å². The summed E-state index contributed by atoms with van der Waals surface area (Å²) in [6.07, 6.45) is 7.97. The van der Waals surface area contributed by atoms with Gasteiger partial charge in [-0.15, -0.1) is 21.5 Å². The molecule has 0 spiro atoms. The summed E-state index contributed by atoms with van der Waals surface area (Å²) in [6, 6.07) is 11.8. The van der Waals surface area contributed by atoms with Crippen molar-refractivity contribution >= 4 is 22.9 Å². The summed E-state index contributed by atoms with van der Waals surface area (Å²) in [4.78, 5) is 20.3. The van der Waals surface area contributed by atoms with E-state index < -0.39 is 5.92 Å². The highest BCUT2D eigenvalue weighted by Crippen LogP contribution is 2.58. The molecule has 7 rings (SSSR count). The molecule has 0 aliphatic heterocycles. The standard InChI is InChI=1S/C31H36F2N4O2S/c1-21-35-36-28(40-21)30-14-11-29(12-15-30,13-16-30)20-37(27(38)22-6-9-31(32,33)10-7-22)25-5-3-4-23(18-25)24-8-17-34-26(19-24)39-2/h3-5,8,17-19,22H,6-7,9-16,20H2,1-2H3. The van der Waals surface area contributed by atoms with E-state index >= 15 is 0 Å². The van der Waals surface area contributed by atoms with Crippen LogP contribution in [0.3, 0.4) is 0 Å². The topological polar surface area (TPSA) is 68.2 Å². The summed E-state index contributed by atoms with van der Waals surface area (Å²) < 4.78 is 33.3. The second kappa shape index (κ2) is 10.5. The number of aromatic nitrogens is 3. The number of hydrogen-bond donors (Lipinski definition) is 0. The molecule has 3 aromatic rings. The fraction of sp³-hybridized carbons (Fsp3) is 0.548. The van der Waals surface area contributed by atoms with Crippen molar-refractivity contribution in [1.29, 1.82) is 0 Å². The second-order valence-corrected chi connectivity index (χ2v) is 13.3. The first-order chi connectivity index (χ1) is 19.2. The van der Waals surface area contributed by atoms with Crippen LogP contribution in [-0.4, -0.2) is 40.7 Å². The Morgan fingerprint density at radius 3 is 2.35 bits per heavy atom. The molecule has 212 valence electrons. The van der Waals surface area contributed by atoms with E-state index in [1.807, 2.05) is 48.2 Å². The number of amides is 1. The van der Waals surface area contributed by atoms with Crippen LogP contribution in [0.2, 0.25) is 0 Å². The molecule has 0 atom stereocenters. The molecule has 40 heavy (non-hydrogen) atoms. The summed E-state index contributed by atoms with van der Waals surface area (Å²) in [5, 5.41) is 11.0. The van der Waals surface area contributed by atoms with Crippen molar-refractivity contribution in [2.45, 2.75) is 82.5 Å². The zero-order valence-electron chi connectivity index (χ0n) is 23.2. The van der Waals surface area contributed by atoms with Gasteiger partial charge in [-0.1, -0.05) is 12.1 Å². The number of methoxy groups -OCH3 is 1. The third-order valence-electron chi connectivity index (χ3n) is 9.64. The Kier molecular flexibility index (Phi) is 7.13. The number of fused-ring (bicyclic) bond motifs is 3. The van der Waals surface area contributed by atoms with Crippen LogP contribution in [0, 0.1) is 18.3 Å². The van der Waals surface area contributed by atoms with E-state index in [1.54, 1.807) is 24.6 Å². The largest absolute Gasteiger partial charge is 0.481 e. The number of ether oxygens (including phenoxy) is 1. The van der Waals surface area contributed by atoms with Gasteiger partial charge in [0.05, 0.1) is 7.11 Å². The highest BCUT2D eigenvalue weighted by atomic mass is 32.1. The minimum Gasteiger partial charge on any atom is -0.481 e. The summed E-state index contributed by atoms with van der Waals surface area (Å²) >= 11 is 1.72. The van der Waals surface area contributed by atoms with Crippen molar-refractivity contribution in [3.05, 3.63) is 52.6 Å². The molecule has 1 aromatic carbocycles. The number of pyridine rings is 1. The van der Waals surface area contributed by atoms with Crippen LogP contribution < -0.4 is 9.64 Å². The van der Waals surface area contributed by atoms with Gasteiger partial charge in [0.2, 0.25) is 17.7 Å². The van der Waals surface area contributed by atoms with Gasteiger partial charge in [0.1, 0.15) is 10.0 Å². The lowest BCUT2D eigenvalue weighted by molar-refractivity contribution is -0.127. The number of carbonyl (C=O) groups is 1. The SMILES string of the molecule is COc1cc(-c2cccc(N(CC34CCC(c5nnc(C)s5)(CC3)CC4)C(=O)C3CCC(F)(F)CC3)c2)ccn1. The summed E-state index contributed by atoms with van der Waals surface area (Å²) in [7, 11) is 1.59. The fourth-order valence-electron chi connectivity index (χ4n) is 7.03. The Hall–Kier alpha value is -2.94. The molecule has 2 heterocycles. The Morgan fingerprint density at radius 2 is 1.70 bits per heavy atom. The Balaban J connectivity index is 1.29. The van der Waals surface area contributed by atoms with Crippen LogP contribution in [0.5, 0.6) is 5.88 Å². The first kappa shape index (κ1) is 27.2. The molecule has 1 amide bonds. The number of hydrogen-bond acceptors (Lipinski definition) is 6. The fourth-order valence-corrected chi connectivity index (χ4v) is 7.99. The lowest BCUT2D eigenvalue weighted by atomic mass is 9.53. The minimum absolute atomic E-state index is 0.0171. The number of alkyl halides is 2. The van der Waals surface area contributed by atoms with Gasteiger partial charge in [-0.05, 0) is 93.0 Å². The number of nitrogens with zero attached hydrogens (tertiary/aromatic N) is 4. The first-order valence-electron chi connectivity index (χ1n) is 14.3. The Morgan fingerprint density at radius 1 is 1.00 bits per heavy atom. The number of carbonyl (C=O) groups excluding carboxylic acids is 1. The van der Waals surface area contributed by atoms with E-state index in [4.69, 9.17) is 4.74 Å². The van der Waals surface area contributed by atoms with E-state index in [2.05, 4.69) is 15.2 Å². The Labute approximate surface area is 238 Å². The predicted octanol–water partition coefficient (Wildman–Crippen LogP) is 7.37. The molecule has 6 nitrogen and oxygen atoms in total. The van der Waals surface area contributed by atoms with Gasteiger partial charge in [0.25, 0.3) is 0 Å². The molecule has 9 heteroatoms. The molecule has 4 aliphatic carbocycles. The van der Waals surface area contributed by atoms with Gasteiger partial charge in [0.15, 0.2) is 0 Å². The van der Waals surface area contributed by atoms with Crippen LogP contribution in [-0.2, 0) is 10.2 Å². The molecule has 4 saturated carbocycles. The molecule has 4 fully saturated rings. The summed E-state index contributed by atoms with van der Waals surface area (Å²) in [5.41, 5.74) is 2.86. The molecule has 0 N–H and O–H groups in total.